The Hall–Kier alpha value is -1.88. The zero-order chi connectivity index (χ0) is 14.5. The van der Waals surface area contributed by atoms with Gasteiger partial charge in [-0.25, -0.2) is 0 Å². The zero-order valence-corrected chi connectivity index (χ0v) is 12.0. The van der Waals surface area contributed by atoms with E-state index >= 15 is 0 Å². The number of hydrogen-bond donors (Lipinski definition) is 2. The number of nitrogens with one attached hydrogen (secondary N) is 1. The summed E-state index contributed by atoms with van der Waals surface area (Å²) in [6.45, 7) is 3.64. The van der Waals surface area contributed by atoms with Crippen LogP contribution in [0.4, 0.5) is 5.69 Å². The second-order valence-electron chi connectivity index (χ2n) is 5.78. The number of benzene rings is 1. The molecule has 1 aliphatic rings. The number of aliphatic carboxylic acids is 1. The molecule has 3 rings (SSSR count). The van der Waals surface area contributed by atoms with Gasteiger partial charge in [0.05, 0.1) is 11.8 Å². The molecule has 1 saturated carbocycles. The van der Waals surface area contributed by atoms with Crippen molar-refractivity contribution in [3.8, 4) is 0 Å². The molecular weight excluding hydrogens is 274 g/mol. The second kappa shape index (κ2) is 4.31. The summed E-state index contributed by atoms with van der Waals surface area (Å²) >= 11 is 1.65. The molecule has 1 amide bonds. The maximum atomic E-state index is 12.2. The SMILES string of the molecule is CC1(C)C(C(=O)O)C1C(=O)Nc1ccc2sccc2c1. The number of carboxylic acid groups (broad SMARTS) is 1. The first kappa shape index (κ1) is 13.1. The molecule has 4 nitrogen and oxygen atoms in total. The van der Waals surface area contributed by atoms with Gasteiger partial charge in [-0.3, -0.25) is 9.59 Å². The lowest BCUT2D eigenvalue weighted by Gasteiger charge is -2.06. The van der Waals surface area contributed by atoms with Crippen LogP contribution in [0.5, 0.6) is 0 Å². The molecule has 0 aliphatic heterocycles. The molecule has 104 valence electrons. The minimum atomic E-state index is -0.900. The first-order chi connectivity index (χ1) is 9.41. The zero-order valence-electron chi connectivity index (χ0n) is 11.2. The molecule has 20 heavy (non-hydrogen) atoms. The lowest BCUT2D eigenvalue weighted by atomic mass is 10.1. The third kappa shape index (κ3) is 1.98. The van der Waals surface area contributed by atoms with Gasteiger partial charge in [0, 0.05) is 10.4 Å². The van der Waals surface area contributed by atoms with Crippen molar-refractivity contribution in [2.24, 2.45) is 17.3 Å². The quantitative estimate of drug-likeness (QED) is 0.912. The molecule has 1 heterocycles. The van der Waals surface area contributed by atoms with E-state index < -0.39 is 23.2 Å². The van der Waals surface area contributed by atoms with Crippen molar-refractivity contribution in [1.29, 1.82) is 0 Å². The van der Waals surface area contributed by atoms with Crippen LogP contribution in [0, 0.1) is 17.3 Å². The molecule has 1 aromatic carbocycles. The van der Waals surface area contributed by atoms with Crippen molar-refractivity contribution in [2.45, 2.75) is 13.8 Å². The predicted molar refractivity (Wildman–Crippen MR) is 78.9 cm³/mol. The van der Waals surface area contributed by atoms with Gasteiger partial charge in [-0.05, 0) is 40.4 Å². The summed E-state index contributed by atoms with van der Waals surface area (Å²) in [4.78, 5) is 23.3. The molecule has 2 unspecified atom stereocenters. The van der Waals surface area contributed by atoms with Crippen LogP contribution in [0.15, 0.2) is 29.6 Å². The number of hydrogen-bond acceptors (Lipinski definition) is 3. The van der Waals surface area contributed by atoms with Gasteiger partial charge in [-0.15, -0.1) is 11.3 Å². The van der Waals surface area contributed by atoms with E-state index in [-0.39, 0.29) is 5.91 Å². The van der Waals surface area contributed by atoms with Gasteiger partial charge in [0.15, 0.2) is 0 Å². The van der Waals surface area contributed by atoms with Crippen molar-refractivity contribution in [3.63, 3.8) is 0 Å². The molecule has 0 spiro atoms. The van der Waals surface area contributed by atoms with Crippen molar-refractivity contribution in [3.05, 3.63) is 29.6 Å². The summed E-state index contributed by atoms with van der Waals surface area (Å²) < 4.78 is 1.16. The molecule has 1 aromatic heterocycles. The highest BCUT2D eigenvalue weighted by atomic mass is 32.1. The molecule has 0 saturated heterocycles. The van der Waals surface area contributed by atoms with E-state index in [4.69, 9.17) is 5.11 Å². The molecule has 1 fully saturated rings. The third-order valence-electron chi connectivity index (χ3n) is 4.10. The molecular formula is C15H15NO3S. The van der Waals surface area contributed by atoms with Crippen molar-refractivity contribution in [2.75, 3.05) is 5.32 Å². The van der Waals surface area contributed by atoms with Crippen LogP contribution in [0.3, 0.4) is 0 Å². The van der Waals surface area contributed by atoms with Crippen molar-refractivity contribution >= 4 is 39.0 Å². The minimum absolute atomic E-state index is 0.211. The van der Waals surface area contributed by atoms with Crippen LogP contribution in [0.2, 0.25) is 0 Å². The van der Waals surface area contributed by atoms with E-state index in [0.717, 1.165) is 10.1 Å². The Morgan fingerprint density at radius 1 is 1.25 bits per heavy atom. The number of carboxylic acids is 1. The molecule has 2 atom stereocenters. The summed E-state index contributed by atoms with van der Waals surface area (Å²) in [7, 11) is 0. The second-order valence-corrected chi connectivity index (χ2v) is 6.73. The Balaban J connectivity index is 1.78. The highest BCUT2D eigenvalue weighted by Gasteiger charge is 2.65. The number of carbonyl (C=O) groups is 2. The standard InChI is InChI=1S/C15H15NO3S/c1-15(2)11(12(15)14(18)19)13(17)16-9-3-4-10-8(7-9)5-6-20-10/h3-7,11-12H,1-2H3,(H,16,17)(H,18,19). The number of anilines is 1. The molecule has 5 heteroatoms. The monoisotopic (exact) mass is 289 g/mol. The van der Waals surface area contributed by atoms with E-state index in [1.165, 1.54) is 0 Å². The van der Waals surface area contributed by atoms with Crippen LogP contribution in [-0.2, 0) is 9.59 Å². The van der Waals surface area contributed by atoms with Gasteiger partial charge in [-0.2, -0.15) is 0 Å². The van der Waals surface area contributed by atoms with E-state index in [1.807, 2.05) is 43.5 Å². The average Bonchev–Trinajstić information content (AvgIpc) is 2.73. The van der Waals surface area contributed by atoms with Crippen molar-refractivity contribution < 1.29 is 14.7 Å². The van der Waals surface area contributed by atoms with Gasteiger partial charge in [0.2, 0.25) is 5.91 Å². The highest BCUT2D eigenvalue weighted by Crippen LogP contribution is 2.58. The first-order valence-electron chi connectivity index (χ1n) is 6.42. The third-order valence-corrected chi connectivity index (χ3v) is 4.99. The van der Waals surface area contributed by atoms with E-state index in [0.29, 0.717) is 5.69 Å². The summed E-state index contributed by atoms with van der Waals surface area (Å²) in [6, 6.07) is 7.72. The number of fused-ring (bicyclic) bond motifs is 1. The van der Waals surface area contributed by atoms with Crippen LogP contribution in [0.1, 0.15) is 13.8 Å². The smallest absolute Gasteiger partial charge is 0.307 e. The van der Waals surface area contributed by atoms with Crippen molar-refractivity contribution in [1.82, 2.24) is 0 Å². The van der Waals surface area contributed by atoms with Gasteiger partial charge in [-0.1, -0.05) is 13.8 Å². The largest absolute Gasteiger partial charge is 0.481 e. The number of rotatable bonds is 3. The minimum Gasteiger partial charge on any atom is -0.481 e. The molecule has 0 bridgehead atoms. The number of amides is 1. The van der Waals surface area contributed by atoms with Crippen LogP contribution >= 0.6 is 11.3 Å². The summed E-state index contributed by atoms with van der Waals surface area (Å²) in [5.74, 6) is -2.16. The van der Waals surface area contributed by atoms with E-state index in [2.05, 4.69) is 5.32 Å². The van der Waals surface area contributed by atoms with E-state index in [9.17, 15) is 9.59 Å². The molecule has 2 aromatic rings. The van der Waals surface area contributed by atoms with Crippen LogP contribution < -0.4 is 5.32 Å². The number of thiophene rings is 1. The Labute approximate surface area is 120 Å². The van der Waals surface area contributed by atoms with Gasteiger partial charge in [0.1, 0.15) is 0 Å². The lowest BCUT2D eigenvalue weighted by Crippen LogP contribution is -2.17. The predicted octanol–water partition coefficient (Wildman–Crippen LogP) is 3.20. The summed E-state index contributed by atoms with van der Waals surface area (Å²) in [5.41, 5.74) is 0.246. The van der Waals surface area contributed by atoms with Crippen LogP contribution in [-0.4, -0.2) is 17.0 Å². The fourth-order valence-corrected chi connectivity index (χ4v) is 3.62. The number of carbonyl (C=O) groups excluding carboxylic acids is 1. The fourth-order valence-electron chi connectivity index (χ4n) is 2.85. The summed E-state index contributed by atoms with van der Waals surface area (Å²) in [5, 5.41) is 15.0. The Morgan fingerprint density at radius 2 is 2.00 bits per heavy atom. The molecule has 1 aliphatic carbocycles. The fraction of sp³-hybridized carbons (Fsp3) is 0.333. The lowest BCUT2D eigenvalue weighted by molar-refractivity contribution is -0.140. The Kier molecular flexibility index (Phi) is 2.83. The van der Waals surface area contributed by atoms with Gasteiger partial charge >= 0.3 is 5.97 Å². The maximum Gasteiger partial charge on any atom is 0.307 e. The molecule has 2 N–H and O–H groups in total. The van der Waals surface area contributed by atoms with Gasteiger partial charge in [0.25, 0.3) is 0 Å². The highest BCUT2D eigenvalue weighted by molar-refractivity contribution is 7.17. The van der Waals surface area contributed by atoms with Crippen LogP contribution in [0.25, 0.3) is 10.1 Å². The normalized spacial score (nSPS) is 23.5. The summed E-state index contributed by atoms with van der Waals surface area (Å²) in [6.07, 6.45) is 0. The Bertz CT molecular complexity index is 704. The van der Waals surface area contributed by atoms with E-state index in [1.54, 1.807) is 11.3 Å². The topological polar surface area (TPSA) is 66.4 Å². The van der Waals surface area contributed by atoms with Gasteiger partial charge < -0.3 is 10.4 Å². The Morgan fingerprint density at radius 3 is 2.65 bits per heavy atom. The molecule has 0 radical (unpaired) electrons. The maximum absolute atomic E-state index is 12.2. The average molecular weight is 289 g/mol. The first-order valence-corrected chi connectivity index (χ1v) is 7.30.